The summed E-state index contributed by atoms with van der Waals surface area (Å²) in [6.07, 6.45) is 1.63. The fourth-order valence-corrected chi connectivity index (χ4v) is 10.2. The highest BCUT2D eigenvalue weighted by Crippen LogP contribution is 2.50. The number of aromatic nitrogens is 2. The van der Waals surface area contributed by atoms with Gasteiger partial charge in [-0.1, -0.05) is 0 Å². The fourth-order valence-electron chi connectivity index (χ4n) is 9.26. The summed E-state index contributed by atoms with van der Waals surface area (Å²) in [5.74, 6) is -0.894. The maximum absolute atomic E-state index is 17.4. The number of nitriles is 1. The van der Waals surface area contributed by atoms with Crippen LogP contribution in [0.3, 0.4) is 0 Å². The molecule has 8 heterocycles. The number of fused-ring (bicyclic) bond motifs is 7. The number of nitrogen functional groups attached to an aromatic ring is 1. The Morgan fingerprint density at radius 1 is 1.16 bits per heavy atom. The first-order valence-corrected chi connectivity index (χ1v) is 17.7. The highest BCUT2D eigenvalue weighted by Gasteiger charge is 2.50. The summed E-state index contributed by atoms with van der Waals surface area (Å²) in [6, 6.07) is 5.06. The first-order valence-electron chi connectivity index (χ1n) is 16.9. The number of alkyl halides is 1. The molecule has 0 amide bonds. The van der Waals surface area contributed by atoms with Gasteiger partial charge in [0.15, 0.2) is 5.82 Å². The van der Waals surface area contributed by atoms with Crippen LogP contribution in [0.1, 0.15) is 49.3 Å². The molecule has 4 aromatic rings. The van der Waals surface area contributed by atoms with Gasteiger partial charge in [-0.05, 0) is 56.0 Å². The molecule has 0 aliphatic carbocycles. The second-order valence-corrected chi connectivity index (χ2v) is 15.4. The molecule has 0 spiro atoms. The molecule has 0 saturated carbocycles. The average molecular weight is 692 g/mol. The number of ether oxygens (including phenoxy) is 2. The van der Waals surface area contributed by atoms with E-state index < -0.39 is 29.4 Å². The fraction of sp³-hybridized carbons (Fsp3) is 0.514. The zero-order valence-electron chi connectivity index (χ0n) is 27.0. The van der Waals surface area contributed by atoms with E-state index >= 15 is 8.78 Å². The number of thiophene rings is 1. The molecule has 6 aliphatic rings. The number of nitrogens with zero attached hydrogens (tertiary/aromatic N) is 6. The first kappa shape index (κ1) is 31.3. The Labute approximate surface area is 284 Å². The van der Waals surface area contributed by atoms with E-state index in [9.17, 15) is 14.8 Å². The Morgan fingerprint density at radius 3 is 2.73 bits per heavy atom. The number of piperidine rings is 1. The van der Waals surface area contributed by atoms with E-state index in [1.807, 2.05) is 0 Å². The molecule has 5 fully saturated rings. The van der Waals surface area contributed by atoms with Crippen molar-refractivity contribution in [3.8, 4) is 23.2 Å². The topological polar surface area (TPSA) is 124 Å². The quantitative estimate of drug-likeness (QED) is 0.278. The lowest BCUT2D eigenvalue weighted by Gasteiger charge is -2.57. The van der Waals surface area contributed by atoms with E-state index in [2.05, 4.69) is 25.8 Å². The normalized spacial score (nSPS) is 27.0. The van der Waals surface area contributed by atoms with Crippen molar-refractivity contribution >= 4 is 43.1 Å². The number of aliphatic hydroxyl groups excluding tert-OH is 1. The van der Waals surface area contributed by atoms with Crippen molar-refractivity contribution in [2.45, 2.75) is 75.7 Å². The number of piperazine rings is 1. The summed E-state index contributed by atoms with van der Waals surface area (Å²) in [6.45, 7) is 5.29. The Hall–Kier alpha value is -3.74. The second-order valence-electron chi connectivity index (χ2n) is 14.3. The average Bonchev–Trinajstić information content (AvgIpc) is 3.82. The van der Waals surface area contributed by atoms with Crippen LogP contribution in [0, 0.1) is 23.0 Å². The van der Waals surface area contributed by atoms with Gasteiger partial charge in [-0.2, -0.15) is 15.2 Å². The summed E-state index contributed by atoms with van der Waals surface area (Å²) >= 11 is 1.15. The lowest BCUT2D eigenvalue weighted by molar-refractivity contribution is 0.0651. The molecule has 10 rings (SSSR count). The van der Waals surface area contributed by atoms with Gasteiger partial charge in [0.25, 0.3) is 0 Å². The largest absolute Gasteiger partial charge is 0.461 e. The Morgan fingerprint density at radius 2 is 1.96 bits per heavy atom. The summed E-state index contributed by atoms with van der Waals surface area (Å²) in [7, 11) is 0. The van der Waals surface area contributed by atoms with E-state index in [0.29, 0.717) is 59.6 Å². The van der Waals surface area contributed by atoms with Crippen LogP contribution in [0.4, 0.5) is 24.0 Å². The van der Waals surface area contributed by atoms with Gasteiger partial charge in [0.2, 0.25) is 0 Å². The molecule has 256 valence electrons. The van der Waals surface area contributed by atoms with Crippen molar-refractivity contribution in [3.63, 3.8) is 0 Å². The lowest BCUT2D eigenvalue weighted by Crippen LogP contribution is -2.69. The lowest BCUT2D eigenvalue weighted by atomic mass is 9.85. The maximum Gasteiger partial charge on any atom is 0.319 e. The molecule has 2 unspecified atom stereocenters. The Kier molecular flexibility index (Phi) is 7.27. The second kappa shape index (κ2) is 11.4. The van der Waals surface area contributed by atoms with Crippen LogP contribution in [-0.4, -0.2) is 94.1 Å². The predicted molar refractivity (Wildman–Crippen MR) is 179 cm³/mol. The standard InChI is InChI=1S/C35H36F3N7O3S/c1-17(46)10-43-12-19-7-20(13-43)45(19)33-28-23-15-47-14-22(23)27(29-24(37)3-4-25-26(29)21(9-39)32(40)49-25)30(38)31(28)41-34(42-33)48-16-35-5-2-6-44(35)11-18(36)8-35/h3-4,17-20,46H,2,5-8,10-16,40H2,1H3/t17-,18-,19?,20?,35+/m1/s1. The van der Waals surface area contributed by atoms with E-state index in [1.165, 1.54) is 6.07 Å². The molecule has 5 atom stereocenters. The summed E-state index contributed by atoms with van der Waals surface area (Å²) in [5, 5.41) is 21.0. The maximum atomic E-state index is 17.4. The van der Waals surface area contributed by atoms with Crippen LogP contribution in [0.25, 0.3) is 32.1 Å². The molecule has 3 N–H and O–H groups in total. The molecular formula is C35H36F3N7O3S. The molecule has 0 radical (unpaired) electrons. The molecule has 10 nitrogen and oxygen atoms in total. The zero-order valence-corrected chi connectivity index (χ0v) is 27.8. The molecule has 5 saturated heterocycles. The van der Waals surface area contributed by atoms with Crippen LogP contribution >= 0.6 is 11.3 Å². The van der Waals surface area contributed by atoms with Gasteiger partial charge in [0, 0.05) is 65.9 Å². The van der Waals surface area contributed by atoms with Crippen molar-refractivity contribution < 1.29 is 27.8 Å². The number of nitrogens with two attached hydrogens (primary N) is 1. The van der Waals surface area contributed by atoms with Gasteiger partial charge < -0.3 is 25.2 Å². The number of halogens is 3. The SMILES string of the molecule is C[C@@H](O)CN1CC2CC(C1)N2c1nc(OC[C@@]23CCCN2C[C@H](F)C3)nc2c(F)c(-c3c(F)ccc4sc(N)c(C#N)c34)c3c(c12)COC3. The van der Waals surface area contributed by atoms with Gasteiger partial charge in [0.1, 0.15) is 41.0 Å². The van der Waals surface area contributed by atoms with Crippen LogP contribution in [0.15, 0.2) is 12.1 Å². The third kappa shape index (κ3) is 4.73. The van der Waals surface area contributed by atoms with Gasteiger partial charge in [-0.25, -0.2) is 13.2 Å². The van der Waals surface area contributed by atoms with Crippen LogP contribution in [0.2, 0.25) is 0 Å². The van der Waals surface area contributed by atoms with Gasteiger partial charge >= 0.3 is 6.01 Å². The van der Waals surface area contributed by atoms with Crippen molar-refractivity contribution in [2.24, 2.45) is 0 Å². The Balaban J connectivity index is 1.23. The molecule has 14 heteroatoms. The highest BCUT2D eigenvalue weighted by atomic mass is 32.1. The van der Waals surface area contributed by atoms with Crippen molar-refractivity contribution in [1.29, 1.82) is 5.26 Å². The van der Waals surface area contributed by atoms with Crippen molar-refractivity contribution in [2.75, 3.05) is 50.0 Å². The molecule has 2 aromatic heterocycles. The summed E-state index contributed by atoms with van der Waals surface area (Å²) in [4.78, 5) is 16.2. The third-order valence-electron chi connectivity index (χ3n) is 11.2. The number of hydrogen-bond acceptors (Lipinski definition) is 11. The highest BCUT2D eigenvalue weighted by molar-refractivity contribution is 7.23. The van der Waals surface area contributed by atoms with E-state index in [-0.39, 0.29) is 70.5 Å². The molecule has 49 heavy (non-hydrogen) atoms. The van der Waals surface area contributed by atoms with Crippen LogP contribution in [0.5, 0.6) is 6.01 Å². The minimum atomic E-state index is -0.938. The van der Waals surface area contributed by atoms with Crippen LogP contribution < -0.4 is 15.4 Å². The first-order chi connectivity index (χ1) is 23.7. The third-order valence-corrected chi connectivity index (χ3v) is 12.2. The van der Waals surface area contributed by atoms with Crippen molar-refractivity contribution in [1.82, 2.24) is 19.8 Å². The number of hydrogen-bond donors (Lipinski definition) is 2. The Bertz CT molecular complexity index is 2060. The van der Waals surface area contributed by atoms with Gasteiger partial charge in [-0.3, -0.25) is 9.80 Å². The van der Waals surface area contributed by atoms with Gasteiger partial charge in [0.05, 0.1) is 35.8 Å². The molecule has 6 aliphatic heterocycles. The van der Waals surface area contributed by atoms with Gasteiger partial charge in [-0.15, -0.1) is 11.3 Å². The van der Waals surface area contributed by atoms with E-state index in [4.69, 9.17) is 20.2 Å². The summed E-state index contributed by atoms with van der Waals surface area (Å²) in [5.41, 5.74) is 6.92. The van der Waals surface area contributed by atoms with E-state index in [0.717, 1.165) is 37.1 Å². The number of aliphatic hydroxyl groups is 1. The minimum absolute atomic E-state index is 0.00321. The molecular weight excluding hydrogens is 655 g/mol. The number of anilines is 2. The minimum Gasteiger partial charge on any atom is -0.461 e. The zero-order chi connectivity index (χ0) is 33.8. The number of rotatable bonds is 7. The molecule has 2 aromatic carbocycles. The number of benzene rings is 2. The monoisotopic (exact) mass is 691 g/mol. The van der Waals surface area contributed by atoms with Crippen LogP contribution in [-0.2, 0) is 18.0 Å². The van der Waals surface area contributed by atoms with Crippen molar-refractivity contribution in [3.05, 3.63) is 40.5 Å². The van der Waals surface area contributed by atoms with E-state index in [1.54, 1.807) is 13.0 Å². The smallest absolute Gasteiger partial charge is 0.319 e. The molecule has 2 bridgehead atoms. The summed E-state index contributed by atoms with van der Waals surface area (Å²) < 4.78 is 60.8. The predicted octanol–water partition coefficient (Wildman–Crippen LogP) is 4.87.